The van der Waals surface area contributed by atoms with E-state index in [2.05, 4.69) is 15.6 Å². The third-order valence-corrected chi connectivity index (χ3v) is 4.77. The summed E-state index contributed by atoms with van der Waals surface area (Å²) in [5.41, 5.74) is 7.97. The van der Waals surface area contributed by atoms with Gasteiger partial charge in [0, 0.05) is 18.1 Å². The molecule has 1 heterocycles. The summed E-state index contributed by atoms with van der Waals surface area (Å²) >= 11 is 0. The van der Waals surface area contributed by atoms with E-state index in [0.29, 0.717) is 19.6 Å². The second-order valence-electron chi connectivity index (χ2n) is 7.01. The number of nitrogens with zero attached hydrogens (tertiary/aromatic N) is 1. The molecule has 0 saturated heterocycles. The molecule has 3 amide bonds. The van der Waals surface area contributed by atoms with Crippen LogP contribution in [0, 0.1) is 6.92 Å². The molecular formula is C23H26N4O3. The van der Waals surface area contributed by atoms with Crippen LogP contribution in [-0.4, -0.2) is 30.1 Å². The van der Waals surface area contributed by atoms with E-state index < -0.39 is 12.1 Å². The predicted octanol–water partition coefficient (Wildman–Crippen LogP) is 3.23. The maximum atomic E-state index is 12.4. The average molecular weight is 406 g/mol. The van der Waals surface area contributed by atoms with E-state index in [9.17, 15) is 9.59 Å². The van der Waals surface area contributed by atoms with Crippen LogP contribution in [-0.2, 0) is 4.79 Å². The summed E-state index contributed by atoms with van der Waals surface area (Å²) in [6.45, 7) is 2.85. The molecule has 3 aromatic rings. The number of carbonyl (C=O) groups excluding carboxylic acids is 2. The largest absolute Gasteiger partial charge is 0.491 e. The Kier molecular flexibility index (Phi) is 7.21. The molecule has 0 aliphatic rings. The zero-order valence-corrected chi connectivity index (χ0v) is 16.9. The van der Waals surface area contributed by atoms with Crippen LogP contribution in [0.2, 0.25) is 0 Å². The summed E-state index contributed by atoms with van der Waals surface area (Å²) in [5, 5.41) is 6.55. The van der Waals surface area contributed by atoms with Crippen LogP contribution in [0.25, 0.3) is 10.9 Å². The average Bonchev–Trinajstić information content (AvgIpc) is 2.73. The van der Waals surface area contributed by atoms with Crippen LogP contribution < -0.4 is 21.1 Å². The number of benzene rings is 2. The number of pyridine rings is 1. The number of para-hydroxylation sites is 1. The number of hydrogen-bond donors (Lipinski definition) is 3. The Labute approximate surface area is 175 Å². The predicted molar refractivity (Wildman–Crippen MR) is 116 cm³/mol. The molecule has 0 bridgehead atoms. The van der Waals surface area contributed by atoms with Crippen molar-refractivity contribution in [3.05, 3.63) is 71.9 Å². The summed E-state index contributed by atoms with van der Waals surface area (Å²) in [4.78, 5) is 28.1. The first kappa shape index (κ1) is 21.1. The van der Waals surface area contributed by atoms with Crippen molar-refractivity contribution in [1.29, 1.82) is 0 Å². The Bertz CT molecular complexity index is 1020. The zero-order valence-electron chi connectivity index (χ0n) is 16.9. The Hall–Kier alpha value is -3.61. The number of aromatic nitrogens is 1. The van der Waals surface area contributed by atoms with Gasteiger partial charge in [0.25, 0.3) is 0 Å². The minimum Gasteiger partial charge on any atom is -0.491 e. The fraction of sp³-hybridized carbons (Fsp3) is 0.261. The number of nitrogens with one attached hydrogen (secondary N) is 2. The molecule has 1 unspecified atom stereocenters. The smallest absolute Gasteiger partial charge is 0.312 e. The van der Waals surface area contributed by atoms with Crippen LogP contribution in [0.5, 0.6) is 5.75 Å². The van der Waals surface area contributed by atoms with Crippen molar-refractivity contribution in [2.24, 2.45) is 5.73 Å². The van der Waals surface area contributed by atoms with Crippen LogP contribution in [0.3, 0.4) is 0 Å². The maximum Gasteiger partial charge on any atom is 0.312 e. The molecule has 3 rings (SSSR count). The Morgan fingerprint density at radius 2 is 1.90 bits per heavy atom. The molecule has 7 nitrogen and oxygen atoms in total. The Balaban J connectivity index is 1.47. The maximum absolute atomic E-state index is 12.4. The summed E-state index contributed by atoms with van der Waals surface area (Å²) in [7, 11) is 0. The number of aryl methyl sites for hydroxylation is 1. The van der Waals surface area contributed by atoms with Gasteiger partial charge in [-0.15, -0.1) is 0 Å². The Morgan fingerprint density at radius 3 is 2.70 bits per heavy atom. The van der Waals surface area contributed by atoms with Gasteiger partial charge in [0.05, 0.1) is 19.1 Å². The third kappa shape index (κ3) is 5.70. The number of carbonyl (C=O) groups is 2. The minimum atomic E-state index is -0.659. The zero-order chi connectivity index (χ0) is 21.3. The van der Waals surface area contributed by atoms with Crippen LogP contribution in [0.4, 0.5) is 4.79 Å². The number of hydrogen-bond acceptors (Lipinski definition) is 4. The van der Waals surface area contributed by atoms with Crippen molar-refractivity contribution >= 4 is 22.8 Å². The summed E-state index contributed by atoms with van der Waals surface area (Å²) in [5.74, 6) is 0.563. The summed E-state index contributed by atoms with van der Waals surface area (Å²) in [6.07, 6.45) is 2.50. The highest BCUT2D eigenvalue weighted by atomic mass is 16.5. The monoisotopic (exact) mass is 406 g/mol. The first-order valence-corrected chi connectivity index (χ1v) is 9.89. The van der Waals surface area contributed by atoms with Gasteiger partial charge >= 0.3 is 6.03 Å². The number of rotatable bonds is 9. The van der Waals surface area contributed by atoms with E-state index in [1.165, 1.54) is 0 Å². The van der Waals surface area contributed by atoms with Crippen molar-refractivity contribution in [3.8, 4) is 5.75 Å². The molecular weight excluding hydrogens is 380 g/mol. The summed E-state index contributed by atoms with van der Waals surface area (Å²) < 4.78 is 5.83. The van der Waals surface area contributed by atoms with E-state index in [4.69, 9.17) is 10.5 Å². The molecule has 0 aliphatic carbocycles. The molecule has 2 aromatic carbocycles. The molecule has 0 radical (unpaired) electrons. The van der Waals surface area contributed by atoms with Gasteiger partial charge in [-0.05, 0) is 36.6 Å². The molecule has 4 N–H and O–H groups in total. The van der Waals surface area contributed by atoms with Gasteiger partial charge in [-0.25, -0.2) is 4.79 Å². The molecule has 1 aromatic heterocycles. The first-order valence-electron chi connectivity index (χ1n) is 9.89. The number of ether oxygens (including phenoxy) is 1. The number of nitrogens with two attached hydrogens (primary N) is 1. The van der Waals surface area contributed by atoms with Crippen molar-refractivity contribution < 1.29 is 14.3 Å². The molecule has 0 saturated carbocycles. The second-order valence-corrected chi connectivity index (χ2v) is 7.01. The van der Waals surface area contributed by atoms with Crippen molar-refractivity contribution in [3.63, 3.8) is 0 Å². The van der Waals surface area contributed by atoms with Gasteiger partial charge in [0.15, 0.2) is 0 Å². The molecule has 30 heavy (non-hydrogen) atoms. The first-order chi connectivity index (χ1) is 14.5. The number of urea groups is 1. The quantitative estimate of drug-likeness (QED) is 0.474. The lowest BCUT2D eigenvalue weighted by Crippen LogP contribution is -2.37. The molecule has 0 spiro atoms. The van der Waals surface area contributed by atoms with Gasteiger partial charge in [0.1, 0.15) is 11.3 Å². The van der Waals surface area contributed by atoms with E-state index in [-0.39, 0.29) is 12.3 Å². The molecule has 156 valence electrons. The van der Waals surface area contributed by atoms with Crippen molar-refractivity contribution in [2.45, 2.75) is 25.8 Å². The lowest BCUT2D eigenvalue weighted by atomic mass is 9.98. The molecule has 0 aliphatic heterocycles. The van der Waals surface area contributed by atoms with Gasteiger partial charge in [-0.1, -0.05) is 42.5 Å². The van der Waals surface area contributed by atoms with Crippen LogP contribution in [0.1, 0.15) is 30.0 Å². The fourth-order valence-corrected chi connectivity index (χ4v) is 3.32. The minimum absolute atomic E-state index is 0.113. The van der Waals surface area contributed by atoms with Crippen LogP contribution >= 0.6 is 0 Å². The highest BCUT2D eigenvalue weighted by molar-refractivity contribution is 5.84. The lowest BCUT2D eigenvalue weighted by molar-refractivity contribution is -0.121. The van der Waals surface area contributed by atoms with Crippen LogP contribution in [0.15, 0.2) is 60.8 Å². The number of fused-ring (bicyclic) bond motifs is 1. The topological polar surface area (TPSA) is 106 Å². The SMILES string of the molecule is Cc1ccccc1C(CC(=O)NCCCOc1cccc2cccnc12)NC(N)=O. The van der Waals surface area contributed by atoms with E-state index >= 15 is 0 Å². The standard InChI is InChI=1S/C23H26N4O3/c1-16-7-2-3-10-18(16)19(27-23(24)29)15-21(28)25-13-6-14-30-20-11-4-8-17-9-5-12-26-22(17)20/h2-5,7-12,19H,6,13-15H2,1H3,(H,25,28)(H3,24,27,29). The van der Waals surface area contributed by atoms with E-state index in [1.807, 2.05) is 61.5 Å². The number of amides is 3. The van der Waals surface area contributed by atoms with Gasteiger partial charge in [0.2, 0.25) is 5.91 Å². The van der Waals surface area contributed by atoms with Gasteiger partial charge in [-0.3, -0.25) is 9.78 Å². The fourth-order valence-electron chi connectivity index (χ4n) is 3.32. The van der Waals surface area contributed by atoms with Crippen molar-refractivity contribution in [1.82, 2.24) is 15.6 Å². The highest BCUT2D eigenvalue weighted by Crippen LogP contribution is 2.23. The third-order valence-electron chi connectivity index (χ3n) is 4.77. The lowest BCUT2D eigenvalue weighted by Gasteiger charge is -2.19. The van der Waals surface area contributed by atoms with Crippen molar-refractivity contribution in [2.75, 3.05) is 13.2 Å². The molecule has 0 fully saturated rings. The molecule has 7 heteroatoms. The van der Waals surface area contributed by atoms with E-state index in [1.54, 1.807) is 6.20 Å². The van der Waals surface area contributed by atoms with E-state index in [0.717, 1.165) is 27.8 Å². The Morgan fingerprint density at radius 1 is 1.10 bits per heavy atom. The van der Waals surface area contributed by atoms with Gasteiger partial charge in [-0.2, -0.15) is 0 Å². The number of primary amides is 1. The van der Waals surface area contributed by atoms with Gasteiger partial charge < -0.3 is 21.1 Å². The second kappa shape index (κ2) is 10.2. The molecule has 1 atom stereocenters. The highest BCUT2D eigenvalue weighted by Gasteiger charge is 2.18. The summed E-state index contributed by atoms with van der Waals surface area (Å²) in [6, 6.07) is 16.1. The normalized spacial score (nSPS) is 11.6.